The summed E-state index contributed by atoms with van der Waals surface area (Å²) < 4.78 is 17.9. The molecule has 3 rings (SSSR count). The van der Waals surface area contributed by atoms with Gasteiger partial charge in [0.1, 0.15) is 10.8 Å². The number of halogens is 1. The molecule has 2 N–H and O–H groups in total. The third-order valence-corrected chi connectivity index (χ3v) is 5.30. The van der Waals surface area contributed by atoms with Crippen molar-refractivity contribution in [3.8, 4) is 0 Å². The summed E-state index contributed by atoms with van der Waals surface area (Å²) in [6.07, 6.45) is 0.715. The molecule has 0 spiro atoms. The van der Waals surface area contributed by atoms with Crippen LogP contribution in [0.15, 0.2) is 60.7 Å². The van der Waals surface area contributed by atoms with Crippen molar-refractivity contribution in [2.75, 3.05) is 12.4 Å². The zero-order valence-electron chi connectivity index (χ0n) is 15.2. The molecule has 3 aromatic rings. The van der Waals surface area contributed by atoms with Crippen molar-refractivity contribution in [1.29, 1.82) is 0 Å². The second kappa shape index (κ2) is 9.43. The van der Waals surface area contributed by atoms with E-state index >= 15 is 0 Å². The first-order valence-corrected chi connectivity index (χ1v) is 9.82. The van der Waals surface area contributed by atoms with E-state index < -0.39 is 5.97 Å². The van der Waals surface area contributed by atoms with E-state index in [9.17, 15) is 9.18 Å². The highest BCUT2D eigenvalue weighted by Crippen LogP contribution is 2.30. The lowest BCUT2D eigenvalue weighted by Crippen LogP contribution is -2.28. The first-order valence-electron chi connectivity index (χ1n) is 8.59. The van der Waals surface area contributed by atoms with Crippen LogP contribution in [0.2, 0.25) is 0 Å². The molecular weight excluding hydrogens is 395 g/mol. The van der Waals surface area contributed by atoms with Crippen molar-refractivity contribution < 1.29 is 13.9 Å². The first-order chi connectivity index (χ1) is 13.5. The van der Waals surface area contributed by atoms with Crippen LogP contribution in [0, 0.1) is 5.82 Å². The molecule has 1 aromatic heterocycles. The summed E-state index contributed by atoms with van der Waals surface area (Å²) in [6.45, 7) is 0.446. The van der Waals surface area contributed by atoms with Crippen LogP contribution in [-0.4, -0.2) is 18.2 Å². The highest BCUT2D eigenvalue weighted by Gasteiger charge is 2.18. The van der Waals surface area contributed by atoms with Gasteiger partial charge in [-0.2, -0.15) is 0 Å². The molecule has 0 bridgehead atoms. The maximum atomic E-state index is 13.0. The second-order valence-electron chi connectivity index (χ2n) is 6.04. The topological polar surface area (TPSA) is 50.4 Å². The number of anilines is 1. The predicted octanol–water partition coefficient (Wildman–Crippen LogP) is 4.75. The minimum atomic E-state index is -0.417. The number of thiophene rings is 1. The standard InChI is InChI=1S/C21H19FN2O2S2/c1-26-20(25)18-12-17(11-14-5-3-2-4-6-14)28-19(18)24-21(27)23-13-15-7-9-16(22)10-8-15/h2-10,12H,11,13H2,1H3,(H2,23,24,27). The van der Waals surface area contributed by atoms with Gasteiger partial charge < -0.3 is 15.4 Å². The van der Waals surface area contributed by atoms with Gasteiger partial charge in [-0.15, -0.1) is 11.3 Å². The van der Waals surface area contributed by atoms with Gasteiger partial charge in [-0.25, -0.2) is 9.18 Å². The van der Waals surface area contributed by atoms with Crippen LogP contribution in [0.3, 0.4) is 0 Å². The number of hydrogen-bond acceptors (Lipinski definition) is 4. The number of esters is 1. The number of methoxy groups -OCH3 is 1. The number of ether oxygens (including phenoxy) is 1. The quantitative estimate of drug-likeness (QED) is 0.450. The minimum absolute atomic E-state index is 0.281. The third-order valence-electron chi connectivity index (χ3n) is 4.00. The van der Waals surface area contributed by atoms with Gasteiger partial charge in [-0.1, -0.05) is 42.5 Å². The molecule has 0 atom stereocenters. The highest BCUT2D eigenvalue weighted by atomic mass is 32.1. The molecule has 0 radical (unpaired) electrons. The van der Waals surface area contributed by atoms with E-state index in [4.69, 9.17) is 17.0 Å². The Labute approximate surface area is 172 Å². The van der Waals surface area contributed by atoms with Gasteiger partial charge in [0.05, 0.1) is 12.7 Å². The number of nitrogens with one attached hydrogen (secondary N) is 2. The van der Waals surface area contributed by atoms with E-state index in [1.54, 1.807) is 12.1 Å². The Hall–Kier alpha value is -2.77. The normalized spacial score (nSPS) is 10.4. The molecule has 7 heteroatoms. The molecule has 0 saturated carbocycles. The smallest absolute Gasteiger partial charge is 0.340 e. The van der Waals surface area contributed by atoms with E-state index in [0.29, 0.717) is 28.6 Å². The van der Waals surface area contributed by atoms with Crippen molar-refractivity contribution in [2.24, 2.45) is 0 Å². The Kier molecular flexibility index (Phi) is 6.73. The molecule has 4 nitrogen and oxygen atoms in total. The second-order valence-corrected chi connectivity index (χ2v) is 7.59. The van der Waals surface area contributed by atoms with Gasteiger partial charge in [-0.05, 0) is 41.5 Å². The average Bonchev–Trinajstić information content (AvgIpc) is 3.09. The Balaban J connectivity index is 1.69. The molecule has 0 unspecified atom stereocenters. The molecule has 28 heavy (non-hydrogen) atoms. The van der Waals surface area contributed by atoms with Crippen LogP contribution in [0.5, 0.6) is 0 Å². The SMILES string of the molecule is COC(=O)c1cc(Cc2ccccc2)sc1NC(=S)NCc1ccc(F)cc1. The molecule has 1 heterocycles. The molecule has 0 aliphatic carbocycles. The number of thiocarbonyl (C=S) groups is 1. The van der Waals surface area contributed by atoms with E-state index in [2.05, 4.69) is 10.6 Å². The molecule has 0 aliphatic heterocycles. The number of carbonyl (C=O) groups excluding carboxylic acids is 1. The number of hydrogen-bond donors (Lipinski definition) is 2. The molecule has 0 saturated heterocycles. The largest absolute Gasteiger partial charge is 0.465 e. The van der Waals surface area contributed by atoms with Crippen molar-refractivity contribution >= 4 is 39.6 Å². The molecular formula is C21H19FN2O2S2. The zero-order chi connectivity index (χ0) is 19.9. The maximum absolute atomic E-state index is 13.0. The lowest BCUT2D eigenvalue weighted by molar-refractivity contribution is 0.0602. The Morgan fingerprint density at radius 3 is 2.50 bits per heavy atom. The first kappa shape index (κ1) is 20.0. The summed E-state index contributed by atoms with van der Waals surface area (Å²) in [4.78, 5) is 13.2. The van der Waals surface area contributed by atoms with Crippen molar-refractivity contribution in [3.63, 3.8) is 0 Å². The molecule has 0 fully saturated rings. The average molecular weight is 415 g/mol. The monoisotopic (exact) mass is 414 g/mol. The fraction of sp³-hybridized carbons (Fsp3) is 0.143. The lowest BCUT2D eigenvalue weighted by atomic mass is 10.1. The number of benzene rings is 2. The molecule has 2 aromatic carbocycles. The minimum Gasteiger partial charge on any atom is -0.465 e. The van der Waals surface area contributed by atoms with Gasteiger partial charge in [0, 0.05) is 17.8 Å². The predicted molar refractivity (Wildman–Crippen MR) is 114 cm³/mol. The Bertz CT molecular complexity index is 956. The summed E-state index contributed by atoms with van der Waals surface area (Å²) in [5.41, 5.74) is 2.50. The maximum Gasteiger partial charge on any atom is 0.340 e. The summed E-state index contributed by atoms with van der Waals surface area (Å²) >= 11 is 6.80. The fourth-order valence-corrected chi connectivity index (χ4v) is 3.93. The van der Waals surface area contributed by atoms with Gasteiger partial charge in [0.25, 0.3) is 0 Å². The summed E-state index contributed by atoms with van der Waals surface area (Å²) in [6, 6.07) is 18.0. The van der Waals surface area contributed by atoms with Crippen molar-refractivity contribution in [3.05, 3.63) is 88.0 Å². The van der Waals surface area contributed by atoms with Crippen molar-refractivity contribution in [2.45, 2.75) is 13.0 Å². The van der Waals surface area contributed by atoms with Crippen LogP contribution in [0.4, 0.5) is 9.39 Å². The molecule has 0 aliphatic rings. The zero-order valence-corrected chi connectivity index (χ0v) is 16.8. The van der Waals surface area contributed by atoms with Crippen LogP contribution in [0.1, 0.15) is 26.4 Å². The summed E-state index contributed by atoms with van der Waals surface area (Å²) in [7, 11) is 1.35. The van der Waals surface area contributed by atoms with Crippen LogP contribution in [-0.2, 0) is 17.7 Å². The van der Waals surface area contributed by atoms with Crippen LogP contribution in [0.25, 0.3) is 0 Å². The van der Waals surface area contributed by atoms with Gasteiger partial charge >= 0.3 is 5.97 Å². The lowest BCUT2D eigenvalue weighted by Gasteiger charge is -2.10. The van der Waals surface area contributed by atoms with Gasteiger partial charge in [-0.3, -0.25) is 0 Å². The summed E-state index contributed by atoms with van der Waals surface area (Å²) in [5.74, 6) is -0.698. The fourth-order valence-electron chi connectivity index (χ4n) is 2.61. The number of rotatable bonds is 6. The molecule has 144 valence electrons. The van der Waals surface area contributed by atoms with Crippen LogP contribution >= 0.6 is 23.6 Å². The van der Waals surface area contributed by atoms with Crippen LogP contribution < -0.4 is 10.6 Å². The molecule has 0 amide bonds. The van der Waals surface area contributed by atoms with E-state index in [1.165, 1.54) is 30.6 Å². The van der Waals surface area contributed by atoms with Gasteiger partial charge in [0.2, 0.25) is 0 Å². The Morgan fingerprint density at radius 1 is 1.11 bits per heavy atom. The van der Waals surface area contributed by atoms with Gasteiger partial charge in [0.15, 0.2) is 5.11 Å². The van der Waals surface area contributed by atoms with E-state index in [0.717, 1.165) is 16.0 Å². The van der Waals surface area contributed by atoms with Crippen molar-refractivity contribution in [1.82, 2.24) is 5.32 Å². The highest BCUT2D eigenvalue weighted by molar-refractivity contribution is 7.80. The number of carbonyl (C=O) groups is 1. The third kappa shape index (κ3) is 5.37. The summed E-state index contributed by atoms with van der Waals surface area (Å²) in [5, 5.41) is 7.15. The Morgan fingerprint density at radius 2 is 1.82 bits per heavy atom. The van der Waals surface area contributed by atoms with E-state index in [-0.39, 0.29) is 5.82 Å². The van der Waals surface area contributed by atoms with E-state index in [1.807, 2.05) is 36.4 Å².